The highest BCUT2D eigenvalue weighted by Crippen LogP contribution is 2.26. The van der Waals surface area contributed by atoms with Crippen LogP contribution in [-0.4, -0.2) is 81.3 Å². The lowest BCUT2D eigenvalue weighted by molar-refractivity contribution is -0.155. The van der Waals surface area contributed by atoms with Crippen LogP contribution in [-0.2, 0) is 9.59 Å². The molecule has 8 nitrogen and oxygen atoms in total. The van der Waals surface area contributed by atoms with Crippen molar-refractivity contribution in [2.45, 2.75) is 56.7 Å². The third-order valence-corrected chi connectivity index (χ3v) is 6.45. The molecule has 3 heterocycles. The molecule has 0 radical (unpaired) electrons. The maximum absolute atomic E-state index is 13.3. The number of hydrogen-bond donors (Lipinski definition) is 2. The maximum atomic E-state index is 13.3. The number of likely N-dealkylation sites (tertiary alicyclic amines) is 2. The SMILES string of the molecule is O=C(O)C1CCCCN1C(=O)C1CCCCN1C[C@@H](O)COc1cccc2ncccc12. The Morgan fingerprint density at radius 2 is 1.84 bits per heavy atom. The van der Waals surface area contributed by atoms with Gasteiger partial charge < -0.3 is 19.8 Å². The fraction of sp³-hybridized carbons (Fsp3) is 0.542. The Morgan fingerprint density at radius 1 is 1.06 bits per heavy atom. The molecule has 1 aromatic carbocycles. The molecule has 1 aromatic heterocycles. The van der Waals surface area contributed by atoms with Crippen LogP contribution >= 0.6 is 0 Å². The molecule has 2 N–H and O–H groups in total. The van der Waals surface area contributed by atoms with E-state index in [0.29, 0.717) is 38.2 Å². The van der Waals surface area contributed by atoms with Crippen LogP contribution in [0, 0.1) is 0 Å². The van der Waals surface area contributed by atoms with Gasteiger partial charge in [0.05, 0.1) is 11.6 Å². The summed E-state index contributed by atoms with van der Waals surface area (Å²) in [5.74, 6) is -0.387. The van der Waals surface area contributed by atoms with Gasteiger partial charge in [-0.05, 0) is 62.9 Å². The number of carbonyl (C=O) groups excluding carboxylic acids is 1. The van der Waals surface area contributed by atoms with Crippen LogP contribution < -0.4 is 4.74 Å². The molecule has 2 aliphatic heterocycles. The number of nitrogens with zero attached hydrogens (tertiary/aromatic N) is 3. The summed E-state index contributed by atoms with van der Waals surface area (Å²) < 4.78 is 5.89. The molecular formula is C24H31N3O5. The van der Waals surface area contributed by atoms with Crippen molar-refractivity contribution >= 4 is 22.8 Å². The Hall–Kier alpha value is -2.71. The smallest absolute Gasteiger partial charge is 0.326 e. The quantitative estimate of drug-likeness (QED) is 0.680. The first-order valence-corrected chi connectivity index (χ1v) is 11.5. The zero-order valence-corrected chi connectivity index (χ0v) is 18.2. The van der Waals surface area contributed by atoms with Crippen molar-refractivity contribution in [2.75, 3.05) is 26.2 Å². The van der Waals surface area contributed by atoms with E-state index in [1.807, 2.05) is 35.2 Å². The van der Waals surface area contributed by atoms with Crippen LogP contribution in [0.15, 0.2) is 36.5 Å². The number of aliphatic carboxylic acids is 1. The topological polar surface area (TPSA) is 103 Å². The number of β-amino-alcohol motifs (C(OH)–C–C–N with tert-alkyl or cyclic N) is 1. The Balaban J connectivity index is 1.39. The van der Waals surface area contributed by atoms with Gasteiger partial charge in [0.2, 0.25) is 5.91 Å². The number of carboxylic acid groups (broad SMARTS) is 1. The number of ether oxygens (including phenoxy) is 1. The number of aliphatic hydroxyl groups is 1. The highest BCUT2D eigenvalue weighted by atomic mass is 16.5. The molecule has 2 aromatic rings. The first-order chi connectivity index (χ1) is 15.5. The highest BCUT2D eigenvalue weighted by molar-refractivity contribution is 5.87. The van der Waals surface area contributed by atoms with Gasteiger partial charge in [-0.15, -0.1) is 0 Å². The number of piperidine rings is 2. The van der Waals surface area contributed by atoms with Gasteiger partial charge in [0, 0.05) is 24.7 Å². The van der Waals surface area contributed by atoms with E-state index < -0.39 is 18.1 Å². The van der Waals surface area contributed by atoms with Gasteiger partial charge in [-0.1, -0.05) is 12.5 Å². The van der Waals surface area contributed by atoms with E-state index in [9.17, 15) is 19.8 Å². The molecule has 1 amide bonds. The van der Waals surface area contributed by atoms with Gasteiger partial charge in [0.25, 0.3) is 0 Å². The number of pyridine rings is 1. The summed E-state index contributed by atoms with van der Waals surface area (Å²) in [6.45, 7) is 1.61. The van der Waals surface area contributed by atoms with Gasteiger partial charge in [0.15, 0.2) is 0 Å². The summed E-state index contributed by atoms with van der Waals surface area (Å²) in [7, 11) is 0. The Kier molecular flexibility index (Phi) is 7.22. The minimum atomic E-state index is -0.932. The lowest BCUT2D eigenvalue weighted by Crippen LogP contribution is -2.57. The summed E-state index contributed by atoms with van der Waals surface area (Å²) in [5, 5.41) is 21.1. The van der Waals surface area contributed by atoms with Gasteiger partial charge in [-0.2, -0.15) is 0 Å². The van der Waals surface area contributed by atoms with Crippen LogP contribution in [0.25, 0.3) is 10.9 Å². The largest absolute Gasteiger partial charge is 0.490 e. The Bertz CT molecular complexity index is 947. The third kappa shape index (κ3) is 5.02. The van der Waals surface area contributed by atoms with Crippen LogP contribution in [0.4, 0.5) is 0 Å². The first kappa shape index (κ1) is 22.5. The summed E-state index contributed by atoms with van der Waals surface area (Å²) in [5.41, 5.74) is 0.829. The third-order valence-electron chi connectivity index (χ3n) is 6.45. The monoisotopic (exact) mass is 441 g/mol. The highest BCUT2D eigenvalue weighted by Gasteiger charge is 2.38. The number of benzene rings is 1. The molecule has 2 unspecified atom stereocenters. The molecule has 2 fully saturated rings. The lowest BCUT2D eigenvalue weighted by atomic mass is 9.96. The average Bonchev–Trinajstić information content (AvgIpc) is 2.82. The molecule has 4 rings (SSSR count). The number of fused-ring (bicyclic) bond motifs is 1. The summed E-state index contributed by atoms with van der Waals surface area (Å²) in [6.07, 6.45) is 5.68. The number of carbonyl (C=O) groups is 2. The molecule has 32 heavy (non-hydrogen) atoms. The molecule has 2 aliphatic rings. The second-order valence-electron chi connectivity index (χ2n) is 8.68. The number of aromatic nitrogens is 1. The minimum absolute atomic E-state index is 0.104. The number of carboxylic acids is 1. The fourth-order valence-electron chi connectivity index (χ4n) is 4.84. The Labute approximate surface area is 187 Å². The molecule has 3 atom stereocenters. The van der Waals surface area contributed by atoms with Crippen molar-refractivity contribution in [1.82, 2.24) is 14.8 Å². The molecule has 2 saturated heterocycles. The van der Waals surface area contributed by atoms with Crippen molar-refractivity contribution < 1.29 is 24.5 Å². The second kappa shape index (κ2) is 10.3. The van der Waals surface area contributed by atoms with Crippen molar-refractivity contribution in [1.29, 1.82) is 0 Å². The van der Waals surface area contributed by atoms with Crippen LogP contribution in [0.3, 0.4) is 0 Å². The van der Waals surface area contributed by atoms with Crippen LogP contribution in [0.1, 0.15) is 38.5 Å². The molecule has 0 aliphatic carbocycles. The van der Waals surface area contributed by atoms with E-state index in [0.717, 1.165) is 36.6 Å². The van der Waals surface area contributed by atoms with Crippen LogP contribution in [0.5, 0.6) is 5.75 Å². The van der Waals surface area contributed by atoms with Gasteiger partial charge >= 0.3 is 5.97 Å². The molecule has 0 saturated carbocycles. The number of hydrogen-bond acceptors (Lipinski definition) is 6. The van der Waals surface area contributed by atoms with Crippen molar-refractivity contribution in [2.24, 2.45) is 0 Å². The number of aliphatic hydroxyl groups excluding tert-OH is 1. The normalized spacial score (nSPS) is 23.1. The maximum Gasteiger partial charge on any atom is 0.326 e. The lowest BCUT2D eigenvalue weighted by Gasteiger charge is -2.41. The summed E-state index contributed by atoms with van der Waals surface area (Å²) in [4.78, 5) is 32.8. The van der Waals surface area contributed by atoms with E-state index in [1.54, 1.807) is 11.1 Å². The minimum Gasteiger partial charge on any atom is -0.490 e. The predicted molar refractivity (Wildman–Crippen MR) is 119 cm³/mol. The van der Waals surface area contributed by atoms with E-state index >= 15 is 0 Å². The zero-order valence-electron chi connectivity index (χ0n) is 18.2. The predicted octanol–water partition coefficient (Wildman–Crippen LogP) is 2.29. The molecule has 0 bridgehead atoms. The van der Waals surface area contributed by atoms with Gasteiger partial charge in [0.1, 0.15) is 24.5 Å². The van der Waals surface area contributed by atoms with Crippen molar-refractivity contribution in [3.8, 4) is 5.75 Å². The van der Waals surface area contributed by atoms with Gasteiger partial charge in [-0.25, -0.2) is 4.79 Å². The van der Waals surface area contributed by atoms with Gasteiger partial charge in [-0.3, -0.25) is 14.7 Å². The van der Waals surface area contributed by atoms with E-state index in [1.165, 1.54) is 0 Å². The van der Waals surface area contributed by atoms with Crippen LogP contribution in [0.2, 0.25) is 0 Å². The van der Waals surface area contributed by atoms with Crippen molar-refractivity contribution in [3.63, 3.8) is 0 Å². The molecule has 8 heteroatoms. The van der Waals surface area contributed by atoms with Crippen molar-refractivity contribution in [3.05, 3.63) is 36.5 Å². The molecular weight excluding hydrogens is 410 g/mol. The average molecular weight is 442 g/mol. The molecule has 172 valence electrons. The van der Waals surface area contributed by atoms with E-state index in [2.05, 4.69) is 4.98 Å². The Morgan fingerprint density at radius 3 is 2.66 bits per heavy atom. The van der Waals surface area contributed by atoms with E-state index in [4.69, 9.17) is 4.74 Å². The zero-order chi connectivity index (χ0) is 22.5. The fourth-order valence-corrected chi connectivity index (χ4v) is 4.84. The first-order valence-electron chi connectivity index (χ1n) is 11.5. The second-order valence-corrected chi connectivity index (χ2v) is 8.68. The van der Waals surface area contributed by atoms with E-state index in [-0.39, 0.29) is 18.6 Å². The number of amides is 1. The summed E-state index contributed by atoms with van der Waals surface area (Å²) >= 11 is 0. The molecule has 0 spiro atoms. The number of rotatable bonds is 7. The summed E-state index contributed by atoms with van der Waals surface area (Å²) in [6, 6.07) is 8.28. The standard InChI is InChI=1S/C24H31N3O5/c28-17(16-32-22-11-5-8-19-18(22)7-6-12-25-19)15-26-13-3-1-9-20(26)23(29)27-14-4-2-10-21(27)24(30)31/h5-8,11-12,17,20-21,28H,1-4,9-10,13-16H2,(H,30,31)/t17-,20?,21?/m1/s1.